The summed E-state index contributed by atoms with van der Waals surface area (Å²) in [6, 6.07) is 4.31. The Morgan fingerprint density at radius 1 is 1.39 bits per heavy atom. The molecule has 1 aromatic heterocycles. The van der Waals surface area contributed by atoms with E-state index in [0.717, 1.165) is 27.4 Å². The second kappa shape index (κ2) is 4.88. The minimum absolute atomic E-state index is 0.120. The molecule has 0 aliphatic rings. The molecular formula is C15H18BrNO. The van der Waals surface area contributed by atoms with Gasteiger partial charge in [0.2, 0.25) is 0 Å². The molecule has 18 heavy (non-hydrogen) atoms. The maximum atomic E-state index is 11.7. The molecule has 0 saturated carbocycles. The molecule has 0 bridgehead atoms. The standard InChI is InChI=1S/C15H18BrNO/c1-9(2)5-11-6-12-13(10(3)18)8-17(4)15(12)14(16)7-11/h6-9H,5H2,1-4H3. The van der Waals surface area contributed by atoms with Crippen molar-refractivity contribution in [1.29, 1.82) is 0 Å². The van der Waals surface area contributed by atoms with Crippen LogP contribution >= 0.6 is 15.9 Å². The van der Waals surface area contributed by atoms with E-state index in [4.69, 9.17) is 0 Å². The Hall–Kier alpha value is -1.09. The number of carbonyl (C=O) groups excluding carboxylic acids is 1. The third-order valence-electron chi connectivity index (χ3n) is 3.11. The van der Waals surface area contributed by atoms with E-state index >= 15 is 0 Å². The van der Waals surface area contributed by atoms with Gasteiger partial charge in [0, 0.05) is 28.7 Å². The minimum Gasteiger partial charge on any atom is -0.349 e. The van der Waals surface area contributed by atoms with Crippen molar-refractivity contribution in [3.05, 3.63) is 33.9 Å². The molecule has 0 amide bonds. The summed E-state index contributed by atoms with van der Waals surface area (Å²) >= 11 is 3.62. The van der Waals surface area contributed by atoms with Gasteiger partial charge in [-0.25, -0.2) is 0 Å². The first-order valence-corrected chi connectivity index (χ1v) is 6.98. The van der Waals surface area contributed by atoms with E-state index in [2.05, 4.69) is 41.9 Å². The summed E-state index contributed by atoms with van der Waals surface area (Å²) < 4.78 is 3.07. The van der Waals surface area contributed by atoms with Crippen LogP contribution < -0.4 is 0 Å². The summed E-state index contributed by atoms with van der Waals surface area (Å²) in [4.78, 5) is 11.7. The molecule has 1 aromatic carbocycles. The van der Waals surface area contributed by atoms with E-state index in [-0.39, 0.29) is 5.78 Å². The van der Waals surface area contributed by atoms with Crippen LogP contribution in [0.25, 0.3) is 10.9 Å². The Bertz CT molecular complexity index is 610. The fourth-order valence-electron chi connectivity index (χ4n) is 2.42. The lowest BCUT2D eigenvalue weighted by Gasteiger charge is -2.08. The minimum atomic E-state index is 0.120. The molecule has 2 nitrogen and oxygen atoms in total. The number of benzene rings is 1. The highest BCUT2D eigenvalue weighted by atomic mass is 79.9. The molecule has 0 saturated heterocycles. The first-order chi connectivity index (χ1) is 8.40. The fourth-order valence-corrected chi connectivity index (χ4v) is 3.20. The van der Waals surface area contributed by atoms with Crippen molar-refractivity contribution in [2.24, 2.45) is 13.0 Å². The maximum absolute atomic E-state index is 11.7. The molecule has 0 fully saturated rings. The van der Waals surface area contributed by atoms with Crippen LogP contribution in [0.3, 0.4) is 0 Å². The molecule has 0 N–H and O–H groups in total. The molecule has 0 spiro atoms. The Labute approximate surface area is 116 Å². The number of hydrogen-bond donors (Lipinski definition) is 0. The average molecular weight is 308 g/mol. The predicted molar refractivity (Wildman–Crippen MR) is 79.2 cm³/mol. The predicted octanol–water partition coefficient (Wildman–Crippen LogP) is 4.34. The van der Waals surface area contributed by atoms with E-state index in [1.807, 2.05) is 17.8 Å². The number of nitrogens with zero attached hydrogens (tertiary/aromatic N) is 1. The zero-order chi connectivity index (χ0) is 13.4. The van der Waals surface area contributed by atoms with E-state index < -0.39 is 0 Å². The maximum Gasteiger partial charge on any atom is 0.161 e. The largest absolute Gasteiger partial charge is 0.349 e. The van der Waals surface area contributed by atoms with Crippen LogP contribution in [0.15, 0.2) is 22.8 Å². The van der Waals surface area contributed by atoms with E-state index in [1.54, 1.807) is 6.92 Å². The van der Waals surface area contributed by atoms with E-state index in [1.165, 1.54) is 5.56 Å². The Morgan fingerprint density at radius 2 is 2.06 bits per heavy atom. The number of carbonyl (C=O) groups is 1. The summed E-state index contributed by atoms with van der Waals surface area (Å²) in [5, 5.41) is 1.05. The number of rotatable bonds is 3. The highest BCUT2D eigenvalue weighted by Gasteiger charge is 2.14. The van der Waals surface area contributed by atoms with Crippen molar-refractivity contribution in [2.75, 3.05) is 0 Å². The van der Waals surface area contributed by atoms with E-state index in [9.17, 15) is 4.79 Å². The number of ketones is 1. The highest BCUT2D eigenvalue weighted by Crippen LogP contribution is 2.30. The summed E-state index contributed by atoms with van der Waals surface area (Å²) in [6.45, 7) is 6.03. The lowest BCUT2D eigenvalue weighted by molar-refractivity contribution is 0.101. The molecule has 1 heterocycles. The molecular weight excluding hydrogens is 290 g/mol. The molecule has 2 aromatic rings. The number of Topliss-reactive ketones (excluding diaryl/α,β-unsaturated/α-hetero) is 1. The Morgan fingerprint density at radius 3 is 2.61 bits per heavy atom. The van der Waals surface area contributed by atoms with Crippen LogP contribution in [0.2, 0.25) is 0 Å². The van der Waals surface area contributed by atoms with Gasteiger partial charge in [0.25, 0.3) is 0 Å². The van der Waals surface area contributed by atoms with Crippen molar-refractivity contribution in [3.63, 3.8) is 0 Å². The van der Waals surface area contributed by atoms with Crippen molar-refractivity contribution in [1.82, 2.24) is 4.57 Å². The van der Waals surface area contributed by atoms with E-state index in [0.29, 0.717) is 5.92 Å². The van der Waals surface area contributed by atoms with Crippen molar-refractivity contribution in [3.8, 4) is 0 Å². The van der Waals surface area contributed by atoms with Crippen LogP contribution in [0, 0.1) is 5.92 Å². The SMILES string of the molecule is CC(=O)c1cn(C)c2c(Br)cc(CC(C)C)cc12. The molecule has 0 radical (unpaired) electrons. The first kappa shape index (κ1) is 13.3. The Kier molecular flexibility index (Phi) is 3.62. The first-order valence-electron chi connectivity index (χ1n) is 6.18. The molecule has 0 unspecified atom stereocenters. The number of hydrogen-bond acceptors (Lipinski definition) is 1. The van der Waals surface area contributed by atoms with Crippen LogP contribution in [-0.4, -0.2) is 10.4 Å². The van der Waals surface area contributed by atoms with Crippen molar-refractivity contribution >= 4 is 32.6 Å². The summed E-state index contributed by atoms with van der Waals surface area (Å²) in [6.07, 6.45) is 2.94. The average Bonchev–Trinajstić information content (AvgIpc) is 2.55. The van der Waals surface area contributed by atoms with Crippen LogP contribution in [0.5, 0.6) is 0 Å². The molecule has 0 aliphatic heterocycles. The van der Waals surface area contributed by atoms with Crippen LogP contribution in [0.4, 0.5) is 0 Å². The van der Waals surface area contributed by atoms with Gasteiger partial charge in [-0.05, 0) is 52.9 Å². The lowest BCUT2D eigenvalue weighted by Crippen LogP contribution is -1.95. The zero-order valence-electron chi connectivity index (χ0n) is 11.2. The number of aryl methyl sites for hydroxylation is 1. The summed E-state index contributed by atoms with van der Waals surface area (Å²) in [5.74, 6) is 0.730. The van der Waals surface area contributed by atoms with Crippen LogP contribution in [0.1, 0.15) is 36.7 Å². The smallest absolute Gasteiger partial charge is 0.161 e. The topological polar surface area (TPSA) is 22.0 Å². The van der Waals surface area contributed by atoms with Gasteiger partial charge in [-0.2, -0.15) is 0 Å². The van der Waals surface area contributed by atoms with Gasteiger partial charge in [0.15, 0.2) is 5.78 Å². The van der Waals surface area contributed by atoms with Gasteiger partial charge in [-0.1, -0.05) is 13.8 Å². The zero-order valence-corrected chi connectivity index (χ0v) is 12.8. The van der Waals surface area contributed by atoms with Crippen molar-refractivity contribution < 1.29 is 4.79 Å². The van der Waals surface area contributed by atoms with Gasteiger partial charge < -0.3 is 4.57 Å². The normalized spacial score (nSPS) is 11.4. The summed E-state index contributed by atoms with van der Waals surface area (Å²) in [7, 11) is 1.97. The third kappa shape index (κ3) is 2.37. The monoisotopic (exact) mass is 307 g/mol. The molecule has 0 atom stereocenters. The third-order valence-corrected chi connectivity index (χ3v) is 3.72. The molecule has 3 heteroatoms. The Balaban J connectivity index is 2.69. The lowest BCUT2D eigenvalue weighted by atomic mass is 10.00. The number of aromatic nitrogens is 1. The van der Waals surface area contributed by atoms with Gasteiger partial charge >= 0.3 is 0 Å². The summed E-state index contributed by atoms with van der Waals surface area (Å²) in [5.41, 5.74) is 3.17. The quantitative estimate of drug-likeness (QED) is 0.773. The highest BCUT2D eigenvalue weighted by molar-refractivity contribution is 9.10. The van der Waals surface area contributed by atoms with Gasteiger partial charge in [-0.15, -0.1) is 0 Å². The fraction of sp³-hybridized carbons (Fsp3) is 0.400. The van der Waals surface area contributed by atoms with Crippen LogP contribution in [-0.2, 0) is 13.5 Å². The second-order valence-electron chi connectivity index (χ2n) is 5.28. The van der Waals surface area contributed by atoms with Gasteiger partial charge in [0.1, 0.15) is 0 Å². The second-order valence-corrected chi connectivity index (χ2v) is 6.14. The van der Waals surface area contributed by atoms with Crippen molar-refractivity contribution in [2.45, 2.75) is 27.2 Å². The number of halogens is 1. The molecule has 0 aliphatic carbocycles. The molecule has 96 valence electrons. The van der Waals surface area contributed by atoms with Gasteiger partial charge in [-0.3, -0.25) is 4.79 Å². The van der Waals surface area contributed by atoms with Gasteiger partial charge in [0.05, 0.1) is 5.52 Å². The number of fused-ring (bicyclic) bond motifs is 1. The molecule has 2 rings (SSSR count).